The summed E-state index contributed by atoms with van der Waals surface area (Å²) in [6, 6.07) is 9.74. The average Bonchev–Trinajstić information content (AvgIpc) is 2.91. The molecule has 0 unspecified atom stereocenters. The summed E-state index contributed by atoms with van der Waals surface area (Å²) in [4.78, 5) is 15.0. The van der Waals surface area contributed by atoms with Crippen molar-refractivity contribution in [2.45, 2.75) is 6.92 Å². The van der Waals surface area contributed by atoms with Crippen LogP contribution >= 0.6 is 11.3 Å². The molecule has 1 aliphatic rings. The number of rotatable bonds is 2. The highest BCUT2D eigenvalue weighted by Gasteiger charge is 2.27. The lowest BCUT2D eigenvalue weighted by Crippen LogP contribution is -2.50. The number of nitrogens with one attached hydrogen (secondary N) is 1. The van der Waals surface area contributed by atoms with E-state index >= 15 is 0 Å². The number of anilines is 2. The molecule has 4 nitrogen and oxygen atoms in total. The van der Waals surface area contributed by atoms with Crippen molar-refractivity contribution in [2.75, 3.05) is 24.1 Å². The summed E-state index contributed by atoms with van der Waals surface area (Å²) in [6.07, 6.45) is 0. The first-order valence-corrected chi connectivity index (χ1v) is 7.51. The van der Waals surface area contributed by atoms with Gasteiger partial charge in [-0.2, -0.15) is 0 Å². The molecule has 2 heterocycles. The highest BCUT2D eigenvalue weighted by Crippen LogP contribution is 2.30. The molecule has 1 fully saturated rings. The summed E-state index contributed by atoms with van der Waals surface area (Å²) in [5.41, 5.74) is 8.29. The maximum Gasteiger partial charge on any atom is 0.321 e. The van der Waals surface area contributed by atoms with Crippen LogP contribution in [0, 0.1) is 5.92 Å². The van der Waals surface area contributed by atoms with Crippen LogP contribution in [0.2, 0.25) is 0 Å². The Hall–Kier alpha value is -2.01. The molecule has 0 bridgehead atoms. The summed E-state index contributed by atoms with van der Waals surface area (Å²) >= 11 is 1.67. The van der Waals surface area contributed by atoms with Crippen LogP contribution in [0.3, 0.4) is 0 Å². The Balaban J connectivity index is 1.78. The van der Waals surface area contributed by atoms with E-state index < -0.39 is 0 Å². The van der Waals surface area contributed by atoms with E-state index in [4.69, 9.17) is 5.73 Å². The van der Waals surface area contributed by atoms with Gasteiger partial charge < -0.3 is 16.0 Å². The molecule has 104 valence electrons. The van der Waals surface area contributed by atoms with Crippen molar-refractivity contribution in [3.63, 3.8) is 0 Å². The fraction of sp³-hybridized carbons (Fsp3) is 0.267. The topological polar surface area (TPSA) is 58.4 Å². The Kier molecular flexibility index (Phi) is 3.36. The second kappa shape index (κ2) is 5.17. The molecule has 1 aliphatic heterocycles. The number of carbonyl (C=O) groups excluding carboxylic acids is 1. The minimum absolute atomic E-state index is 0.0712. The van der Waals surface area contributed by atoms with E-state index in [9.17, 15) is 4.79 Å². The predicted molar refractivity (Wildman–Crippen MR) is 83.9 cm³/mol. The van der Waals surface area contributed by atoms with Crippen molar-refractivity contribution in [2.24, 2.45) is 5.92 Å². The van der Waals surface area contributed by atoms with E-state index in [1.807, 2.05) is 29.6 Å². The predicted octanol–water partition coefficient (Wildman–Crippen LogP) is 3.48. The van der Waals surface area contributed by atoms with E-state index in [-0.39, 0.29) is 6.03 Å². The Bertz CT molecular complexity index is 618. The third-order valence-electron chi connectivity index (χ3n) is 3.45. The molecular formula is C15H17N3OS. The largest absolute Gasteiger partial charge is 0.397 e. The van der Waals surface area contributed by atoms with Gasteiger partial charge >= 0.3 is 6.03 Å². The van der Waals surface area contributed by atoms with E-state index in [0.717, 1.165) is 23.5 Å². The lowest BCUT2D eigenvalue weighted by molar-refractivity contribution is 0.141. The summed E-state index contributed by atoms with van der Waals surface area (Å²) in [6.45, 7) is 3.77. The van der Waals surface area contributed by atoms with Gasteiger partial charge in [-0.1, -0.05) is 19.1 Å². The molecule has 0 aliphatic carbocycles. The summed E-state index contributed by atoms with van der Waals surface area (Å²) in [5, 5.41) is 4.93. The standard InChI is InChI=1S/C15H17N3OS/c1-10-8-18(9-10)15(19)17-13-7-11(4-5-12(13)16)14-3-2-6-20-14/h2-7,10H,8-9,16H2,1H3,(H,17,19). The lowest BCUT2D eigenvalue weighted by Gasteiger charge is -2.37. The molecule has 0 radical (unpaired) electrons. The number of urea groups is 1. The monoisotopic (exact) mass is 287 g/mol. The van der Waals surface area contributed by atoms with E-state index in [0.29, 0.717) is 17.3 Å². The van der Waals surface area contributed by atoms with Crippen molar-refractivity contribution >= 4 is 28.7 Å². The molecule has 1 aromatic heterocycles. The van der Waals surface area contributed by atoms with Crippen LogP contribution < -0.4 is 11.1 Å². The van der Waals surface area contributed by atoms with Gasteiger partial charge in [0.2, 0.25) is 0 Å². The van der Waals surface area contributed by atoms with Crippen molar-refractivity contribution in [1.82, 2.24) is 4.90 Å². The van der Waals surface area contributed by atoms with Crippen LogP contribution in [0.25, 0.3) is 10.4 Å². The van der Waals surface area contributed by atoms with Gasteiger partial charge in [0, 0.05) is 18.0 Å². The molecule has 2 amide bonds. The second-order valence-electron chi connectivity index (χ2n) is 5.22. The first kappa shape index (κ1) is 13.0. The number of likely N-dealkylation sites (tertiary alicyclic amines) is 1. The number of nitrogens with two attached hydrogens (primary N) is 1. The van der Waals surface area contributed by atoms with Gasteiger partial charge in [0.15, 0.2) is 0 Å². The average molecular weight is 287 g/mol. The van der Waals surface area contributed by atoms with Gasteiger partial charge in [0.25, 0.3) is 0 Å². The van der Waals surface area contributed by atoms with Crippen LogP contribution in [0.4, 0.5) is 16.2 Å². The smallest absolute Gasteiger partial charge is 0.321 e. The maximum absolute atomic E-state index is 12.1. The number of nitrogen functional groups attached to an aromatic ring is 1. The fourth-order valence-corrected chi connectivity index (χ4v) is 3.04. The number of thiophene rings is 1. The van der Waals surface area contributed by atoms with Crippen molar-refractivity contribution in [3.8, 4) is 10.4 Å². The summed E-state index contributed by atoms with van der Waals surface area (Å²) in [5.74, 6) is 0.593. The minimum Gasteiger partial charge on any atom is -0.397 e. The number of nitrogens with zero attached hydrogens (tertiary/aromatic N) is 1. The molecule has 20 heavy (non-hydrogen) atoms. The van der Waals surface area contributed by atoms with Crippen LogP contribution in [-0.4, -0.2) is 24.0 Å². The number of carbonyl (C=O) groups is 1. The summed E-state index contributed by atoms with van der Waals surface area (Å²) < 4.78 is 0. The Morgan fingerprint density at radius 3 is 2.85 bits per heavy atom. The molecule has 0 atom stereocenters. The first-order chi connectivity index (χ1) is 9.63. The van der Waals surface area contributed by atoms with E-state index in [2.05, 4.69) is 18.3 Å². The molecular weight excluding hydrogens is 270 g/mol. The molecule has 2 aromatic rings. The van der Waals surface area contributed by atoms with Crippen molar-refractivity contribution in [3.05, 3.63) is 35.7 Å². The zero-order valence-corrected chi connectivity index (χ0v) is 12.1. The molecule has 1 aromatic carbocycles. The quantitative estimate of drug-likeness (QED) is 0.831. The highest BCUT2D eigenvalue weighted by atomic mass is 32.1. The van der Waals surface area contributed by atoms with Crippen LogP contribution in [0.5, 0.6) is 0 Å². The molecule has 1 saturated heterocycles. The number of hydrogen-bond acceptors (Lipinski definition) is 3. The van der Waals surface area contributed by atoms with Gasteiger partial charge in [-0.3, -0.25) is 0 Å². The van der Waals surface area contributed by atoms with E-state index in [1.165, 1.54) is 0 Å². The highest BCUT2D eigenvalue weighted by molar-refractivity contribution is 7.13. The van der Waals surface area contributed by atoms with Crippen LogP contribution in [0.15, 0.2) is 35.7 Å². The maximum atomic E-state index is 12.1. The lowest BCUT2D eigenvalue weighted by atomic mass is 10.0. The molecule has 0 spiro atoms. The van der Waals surface area contributed by atoms with E-state index in [1.54, 1.807) is 16.2 Å². The zero-order chi connectivity index (χ0) is 14.1. The number of hydrogen-bond donors (Lipinski definition) is 2. The Morgan fingerprint density at radius 2 is 2.20 bits per heavy atom. The van der Waals surface area contributed by atoms with Crippen molar-refractivity contribution < 1.29 is 4.79 Å². The molecule has 3 rings (SSSR count). The third-order valence-corrected chi connectivity index (χ3v) is 4.37. The zero-order valence-electron chi connectivity index (χ0n) is 11.3. The number of benzene rings is 1. The van der Waals surface area contributed by atoms with Crippen LogP contribution in [0.1, 0.15) is 6.92 Å². The van der Waals surface area contributed by atoms with Crippen molar-refractivity contribution in [1.29, 1.82) is 0 Å². The van der Waals surface area contributed by atoms with Gasteiger partial charge in [0.05, 0.1) is 11.4 Å². The Labute approximate surface area is 122 Å². The van der Waals surface area contributed by atoms with Gasteiger partial charge in [0.1, 0.15) is 0 Å². The van der Waals surface area contributed by atoms with Gasteiger partial charge in [-0.15, -0.1) is 11.3 Å². The van der Waals surface area contributed by atoms with Crippen LogP contribution in [-0.2, 0) is 0 Å². The third kappa shape index (κ3) is 2.49. The van der Waals surface area contributed by atoms with Gasteiger partial charge in [-0.25, -0.2) is 4.79 Å². The number of amides is 2. The molecule has 3 N–H and O–H groups in total. The molecule has 5 heteroatoms. The molecule has 0 saturated carbocycles. The first-order valence-electron chi connectivity index (χ1n) is 6.63. The fourth-order valence-electron chi connectivity index (χ4n) is 2.32. The normalized spacial score (nSPS) is 14.9. The summed E-state index contributed by atoms with van der Waals surface area (Å²) in [7, 11) is 0. The van der Waals surface area contributed by atoms with Gasteiger partial charge in [-0.05, 0) is 35.1 Å². The SMILES string of the molecule is CC1CN(C(=O)Nc2cc(-c3cccs3)ccc2N)C1. The second-order valence-corrected chi connectivity index (χ2v) is 6.17. The minimum atomic E-state index is -0.0712. The Morgan fingerprint density at radius 1 is 1.40 bits per heavy atom.